The van der Waals surface area contributed by atoms with Gasteiger partial charge in [0, 0.05) is 61.4 Å². The van der Waals surface area contributed by atoms with Crippen molar-refractivity contribution in [1.82, 2.24) is 14.7 Å². The van der Waals surface area contributed by atoms with E-state index in [9.17, 15) is 17.8 Å². The quantitative estimate of drug-likeness (QED) is 0.0872. The van der Waals surface area contributed by atoms with Crippen molar-refractivity contribution < 1.29 is 104 Å². The summed E-state index contributed by atoms with van der Waals surface area (Å²) in [6.07, 6.45) is 1.99. The number of halogens is 3. The van der Waals surface area contributed by atoms with Crippen molar-refractivity contribution >= 4 is 22.2 Å². The second kappa shape index (κ2) is 30.0. The van der Waals surface area contributed by atoms with Crippen LogP contribution in [0.1, 0.15) is 114 Å². The number of carbonyl (C=O) groups is 1. The first-order chi connectivity index (χ1) is 44.8. The number of cyclic esters (lactones) is 1. The third kappa shape index (κ3) is 12.1. The largest absolute Gasteiger partial charge is 0.577 e. The van der Waals surface area contributed by atoms with Crippen LogP contribution in [-0.4, -0.2) is 168 Å². The molecule has 94 heavy (non-hydrogen) atoms. The van der Waals surface area contributed by atoms with Crippen LogP contribution in [0, 0.1) is 6.92 Å². The molecule has 0 fully saturated rings. The number of hydrogen-bond acceptors (Lipinski definition) is 21. The van der Waals surface area contributed by atoms with Crippen molar-refractivity contribution in [3.8, 4) is 80.5 Å². The lowest BCUT2D eigenvalue weighted by Gasteiger charge is -2.39. The third-order valence-corrected chi connectivity index (χ3v) is 18.4. The van der Waals surface area contributed by atoms with Gasteiger partial charge in [0.1, 0.15) is 23.9 Å². The Hall–Kier alpha value is -8.33. The first kappa shape index (κ1) is 70.0. The molecule has 0 saturated heterocycles. The molecule has 9 aliphatic rings. The molecule has 502 valence electrons. The Bertz CT molecular complexity index is 3740. The van der Waals surface area contributed by atoms with Crippen LogP contribution in [0.3, 0.4) is 0 Å². The van der Waals surface area contributed by atoms with E-state index in [1.165, 1.54) is 29.4 Å². The predicted molar refractivity (Wildman–Crippen MR) is 339 cm³/mol. The predicted octanol–water partition coefficient (Wildman–Crippen LogP) is 9.50. The van der Waals surface area contributed by atoms with E-state index in [0.717, 1.165) is 124 Å². The fourth-order valence-electron chi connectivity index (χ4n) is 14.4. The smallest absolute Gasteiger partial charge is 0.493 e. The Balaban J connectivity index is 0.000000159. The number of alkyl halides is 1. The highest BCUT2D eigenvalue weighted by Gasteiger charge is 2.48. The lowest BCUT2D eigenvalue weighted by Crippen LogP contribution is -2.36. The van der Waals surface area contributed by atoms with Gasteiger partial charge in [-0.15, -0.1) is 0 Å². The molecular weight excluding hydrogens is 1230 g/mol. The Morgan fingerprint density at radius 2 is 0.819 bits per heavy atom. The fourth-order valence-corrected chi connectivity index (χ4v) is 14.4. The van der Waals surface area contributed by atoms with Crippen LogP contribution in [0.5, 0.6) is 80.5 Å². The number of nitrogens with zero attached hydrogens (tertiary/aromatic N) is 3. The van der Waals surface area contributed by atoms with Gasteiger partial charge in [-0.25, -0.2) is 4.79 Å². The molecule has 6 atom stereocenters. The van der Waals surface area contributed by atoms with Crippen molar-refractivity contribution in [1.29, 1.82) is 0 Å². The Labute approximate surface area is 547 Å². The van der Waals surface area contributed by atoms with Crippen LogP contribution in [0.15, 0.2) is 54.6 Å². The number of likely N-dealkylation sites (N-methyl/N-ethyl adjacent to an activating group) is 3. The van der Waals surface area contributed by atoms with Gasteiger partial charge in [-0.1, -0.05) is 18.2 Å². The number of esters is 1. The van der Waals surface area contributed by atoms with Gasteiger partial charge >= 0.3 is 13.8 Å². The van der Waals surface area contributed by atoms with Gasteiger partial charge in [0.25, 0.3) is 0 Å². The van der Waals surface area contributed by atoms with Crippen LogP contribution < -0.4 is 66.3 Å². The minimum Gasteiger partial charge on any atom is -0.493 e. The summed E-state index contributed by atoms with van der Waals surface area (Å²) < 4.78 is 126. The first-order valence-electron chi connectivity index (χ1n) is 29.9. The SMILES string of the molecule is CF.COc1ccc2c(c1OC)C(=O)OC2C1c2c(cc3c(c2OC)OCO3)CCN1C.COc1ccc2c(c1OC)COC2C1c2c(cc3c(c2C)OCO3)CCN1C.COc1ccc2c(c1OC)COC2C1c2c(cc3c(c2OC)OCO3)CCN1C.F[B]F.O.[B]. The fraction of sp³-hybridized carbons (Fsp3) is 0.448. The second-order valence-corrected chi connectivity index (χ2v) is 22.6. The molecule has 0 amide bonds. The van der Waals surface area contributed by atoms with Crippen molar-refractivity contribution in [2.24, 2.45) is 0 Å². The normalized spacial score (nSPS) is 20.7. The number of ether oxygens (including phenoxy) is 17. The molecule has 0 aliphatic carbocycles. The lowest BCUT2D eigenvalue weighted by atomic mass is 9.83. The number of benzene rings is 6. The van der Waals surface area contributed by atoms with Gasteiger partial charge in [-0.3, -0.25) is 27.7 Å². The molecule has 6 unspecified atom stereocenters. The van der Waals surface area contributed by atoms with Gasteiger partial charge in [0.05, 0.1) is 95.4 Å². The Kier molecular flexibility index (Phi) is 22.3. The van der Waals surface area contributed by atoms with Crippen molar-refractivity contribution in [3.05, 3.63) is 127 Å². The molecule has 0 saturated carbocycles. The summed E-state index contributed by atoms with van der Waals surface area (Å²) in [4.78, 5) is 19.8. The summed E-state index contributed by atoms with van der Waals surface area (Å²) in [5, 5.41) is 0. The number of fused-ring (bicyclic) bond motifs is 9. The number of methoxy groups -OCH3 is 8. The van der Waals surface area contributed by atoms with Crippen LogP contribution in [-0.2, 0) is 46.7 Å². The molecule has 0 spiro atoms. The molecule has 9 heterocycles. The molecule has 6 aromatic rings. The van der Waals surface area contributed by atoms with E-state index in [1.807, 2.05) is 31.3 Å². The maximum absolute atomic E-state index is 12.9. The summed E-state index contributed by atoms with van der Waals surface area (Å²) in [7, 11) is 18.8. The highest BCUT2D eigenvalue weighted by atomic mass is 19.2. The van der Waals surface area contributed by atoms with E-state index < -0.39 is 19.9 Å². The van der Waals surface area contributed by atoms with E-state index in [1.54, 1.807) is 55.8 Å². The van der Waals surface area contributed by atoms with E-state index in [4.69, 9.17) is 80.5 Å². The molecule has 22 nitrogen and oxygen atoms in total. The minimum absolute atomic E-state index is 0. The van der Waals surface area contributed by atoms with Gasteiger partial charge in [-0.2, -0.15) is 0 Å². The van der Waals surface area contributed by atoms with Crippen LogP contribution in [0.25, 0.3) is 0 Å². The average molecular weight is 1310 g/mol. The molecular formula is C67H78B2F3N3O19. The maximum Gasteiger partial charge on any atom is 0.577 e. The molecule has 6 aromatic carbocycles. The summed E-state index contributed by atoms with van der Waals surface area (Å²) in [6, 6.07) is 17.9. The summed E-state index contributed by atoms with van der Waals surface area (Å²) in [5.41, 5.74) is 13.7. The molecule has 4 radical (unpaired) electrons. The van der Waals surface area contributed by atoms with Crippen molar-refractivity contribution in [2.75, 3.05) is 125 Å². The van der Waals surface area contributed by atoms with Crippen LogP contribution in [0.4, 0.5) is 13.0 Å². The zero-order chi connectivity index (χ0) is 65.2. The molecule has 2 N–H and O–H groups in total. The zero-order valence-corrected chi connectivity index (χ0v) is 54.9. The first-order valence-corrected chi connectivity index (χ1v) is 29.9. The van der Waals surface area contributed by atoms with Gasteiger partial charge < -0.3 is 86.0 Å². The van der Waals surface area contributed by atoms with E-state index in [2.05, 4.69) is 60.0 Å². The van der Waals surface area contributed by atoms with Gasteiger partial charge in [0.2, 0.25) is 31.9 Å². The number of hydrogen-bond donors (Lipinski definition) is 0. The number of rotatable bonds is 11. The van der Waals surface area contributed by atoms with Crippen molar-refractivity contribution in [3.63, 3.8) is 0 Å². The van der Waals surface area contributed by atoms with Gasteiger partial charge in [-0.05, 0) is 117 Å². The van der Waals surface area contributed by atoms with Crippen LogP contribution in [0.2, 0.25) is 0 Å². The minimum atomic E-state index is -1.00. The molecule has 0 bridgehead atoms. The zero-order valence-electron chi connectivity index (χ0n) is 54.9. The molecule has 0 aromatic heterocycles. The van der Waals surface area contributed by atoms with Gasteiger partial charge in [0.15, 0.2) is 69.0 Å². The maximum atomic E-state index is 12.9. The molecule has 27 heteroatoms. The topological polar surface area (TPSA) is 215 Å². The highest BCUT2D eigenvalue weighted by Crippen LogP contribution is 2.59. The Morgan fingerprint density at radius 1 is 0.468 bits per heavy atom. The highest BCUT2D eigenvalue weighted by molar-refractivity contribution is 6.15. The molecule has 15 rings (SSSR count). The monoisotopic (exact) mass is 1310 g/mol. The van der Waals surface area contributed by atoms with E-state index in [-0.39, 0.29) is 57.8 Å². The van der Waals surface area contributed by atoms with E-state index >= 15 is 0 Å². The Morgan fingerprint density at radius 3 is 1.22 bits per heavy atom. The average Bonchev–Trinajstić information content (AvgIpc) is 1.41. The van der Waals surface area contributed by atoms with Crippen LogP contribution >= 0.6 is 0 Å². The third-order valence-electron chi connectivity index (χ3n) is 18.4. The second-order valence-electron chi connectivity index (χ2n) is 22.6. The summed E-state index contributed by atoms with van der Waals surface area (Å²) >= 11 is 0. The van der Waals surface area contributed by atoms with Crippen molar-refractivity contribution in [2.45, 2.75) is 75.8 Å². The van der Waals surface area contributed by atoms with E-state index in [0.29, 0.717) is 73.0 Å². The number of carbonyl (C=O) groups excluding carboxylic acids is 1. The molecule has 9 aliphatic heterocycles. The lowest BCUT2D eigenvalue weighted by molar-refractivity contribution is -0.00482. The summed E-state index contributed by atoms with van der Waals surface area (Å²) in [5.74, 6) is 9.22. The standard InChI is InChI=1S/C22H23NO7.C22H25NO6.C22H25NO5.CH3F.BF2.B.H2O/c1-23-8-7-11-9-14-20(29-10-28-14)21(27-4)15(11)17(23)18-12-5-6-13(25-2)19(26-3)16(12)22(24)30-18;1-23-8-7-12-9-16-21(29-11-28-16)22(26-4)17(12)18(23)20-13-5-6-15(24-2)19(25-3)14(13)10-27-20;1-12-18-13(9-17-20(12)28-11-27-17)7-8-23(2)19(18)22-14-5-6-16(24-3)21(25-4)15(14)10-26-22;1-2;2-1-3;;/h5-6,9,17-18H,7-8,10H2,1-4H3;5-6,9,18,20H,7-8,10-11H2,1-4H3;5-6,9,19,22H,7-8,10-11H2,1-4H3;1H3;;;1H2. The summed E-state index contributed by atoms with van der Waals surface area (Å²) in [6.45, 7) is 6.49.